The molecule has 1 amide bonds. The minimum absolute atomic E-state index is 0.0312. The van der Waals surface area contributed by atoms with Crippen LogP contribution in [0.4, 0.5) is 0 Å². The Morgan fingerprint density at radius 3 is 2.93 bits per heavy atom. The fourth-order valence-electron chi connectivity index (χ4n) is 3.00. The van der Waals surface area contributed by atoms with Crippen LogP contribution in [0.2, 0.25) is 5.15 Å². The number of carbonyl (C=O) groups excluding carboxylic acids is 2. The number of amides is 1. The van der Waals surface area contributed by atoms with Gasteiger partial charge >= 0.3 is 5.97 Å². The second kappa shape index (κ2) is 7.28. The average Bonchev–Trinajstić information content (AvgIpc) is 3.23. The molecular formula is C19H16ClN3O4. The predicted octanol–water partition coefficient (Wildman–Crippen LogP) is 2.26. The van der Waals surface area contributed by atoms with Gasteiger partial charge in [0.15, 0.2) is 17.5 Å². The van der Waals surface area contributed by atoms with Gasteiger partial charge in [0, 0.05) is 12.6 Å². The second-order valence-electron chi connectivity index (χ2n) is 6.11. The van der Waals surface area contributed by atoms with Crippen molar-refractivity contribution in [3.63, 3.8) is 0 Å². The van der Waals surface area contributed by atoms with Gasteiger partial charge in [0.2, 0.25) is 0 Å². The monoisotopic (exact) mass is 385 g/mol. The molecule has 0 radical (unpaired) electrons. The maximum atomic E-state index is 12.3. The number of carbonyl (C=O) groups is 2. The van der Waals surface area contributed by atoms with Crippen LogP contribution in [-0.4, -0.2) is 40.5 Å². The maximum Gasteiger partial charge on any atom is 0.359 e. The highest BCUT2D eigenvalue weighted by molar-refractivity contribution is 6.32. The van der Waals surface area contributed by atoms with Gasteiger partial charge < -0.3 is 14.8 Å². The molecule has 3 aromatic rings. The highest BCUT2D eigenvalue weighted by Crippen LogP contribution is 2.27. The first-order chi connectivity index (χ1) is 13.1. The molecule has 1 aliphatic heterocycles. The number of halogens is 1. The molecular weight excluding hydrogens is 370 g/mol. The summed E-state index contributed by atoms with van der Waals surface area (Å²) in [4.78, 5) is 28.4. The zero-order valence-electron chi connectivity index (χ0n) is 14.2. The van der Waals surface area contributed by atoms with E-state index in [1.54, 1.807) is 24.4 Å². The van der Waals surface area contributed by atoms with E-state index in [9.17, 15) is 9.59 Å². The lowest BCUT2D eigenvalue weighted by atomic mass is 10.1. The third kappa shape index (κ3) is 3.59. The first kappa shape index (κ1) is 17.4. The number of rotatable bonds is 5. The van der Waals surface area contributed by atoms with Gasteiger partial charge in [0.05, 0.1) is 6.54 Å². The minimum atomic E-state index is -0.710. The summed E-state index contributed by atoms with van der Waals surface area (Å²) in [5.74, 6) is -0.281. The molecule has 0 bridgehead atoms. The van der Waals surface area contributed by atoms with Crippen molar-refractivity contribution in [1.29, 1.82) is 0 Å². The topological polar surface area (TPSA) is 81.9 Å². The highest BCUT2D eigenvalue weighted by Gasteiger charge is 2.23. The quantitative estimate of drug-likeness (QED) is 0.681. The van der Waals surface area contributed by atoms with Crippen molar-refractivity contribution >= 4 is 29.1 Å². The number of aromatic nitrogens is 2. The molecule has 1 N–H and O–H groups in total. The van der Waals surface area contributed by atoms with E-state index in [1.807, 2.05) is 24.3 Å². The highest BCUT2D eigenvalue weighted by atomic mass is 35.5. The van der Waals surface area contributed by atoms with Gasteiger partial charge in [-0.15, -0.1) is 0 Å². The zero-order chi connectivity index (χ0) is 18.8. The Kier molecular flexibility index (Phi) is 4.68. The van der Waals surface area contributed by atoms with Crippen molar-refractivity contribution in [3.8, 4) is 5.75 Å². The SMILES string of the molecule is O=C(COC(=O)c1c(Cl)nc2ccccn12)NCC1Cc2ccccc2O1. The van der Waals surface area contributed by atoms with E-state index in [0.717, 1.165) is 17.7 Å². The first-order valence-corrected chi connectivity index (χ1v) is 8.80. The molecule has 1 aliphatic rings. The summed E-state index contributed by atoms with van der Waals surface area (Å²) in [6, 6.07) is 13.0. The molecule has 0 aliphatic carbocycles. The van der Waals surface area contributed by atoms with Gasteiger partial charge in [-0.05, 0) is 23.8 Å². The van der Waals surface area contributed by atoms with Crippen LogP contribution in [0.25, 0.3) is 5.65 Å². The van der Waals surface area contributed by atoms with E-state index in [2.05, 4.69) is 10.3 Å². The average molecular weight is 386 g/mol. The van der Waals surface area contributed by atoms with Crippen LogP contribution in [0.5, 0.6) is 5.75 Å². The number of benzene rings is 1. The Labute approximate surface area is 159 Å². The summed E-state index contributed by atoms with van der Waals surface area (Å²) in [6.45, 7) is -0.0731. The summed E-state index contributed by atoms with van der Waals surface area (Å²) in [5, 5.41) is 2.75. The standard InChI is InChI=1S/C19H16ClN3O4/c20-18-17(23-8-4-3-7-15(23)22-18)19(25)26-11-16(24)21-10-13-9-12-5-1-2-6-14(12)27-13/h1-8,13H,9-11H2,(H,21,24). The van der Waals surface area contributed by atoms with Crippen molar-refractivity contribution in [3.05, 3.63) is 65.1 Å². The molecule has 1 unspecified atom stereocenters. The van der Waals surface area contributed by atoms with Crippen molar-refractivity contribution in [2.45, 2.75) is 12.5 Å². The Morgan fingerprint density at radius 1 is 1.26 bits per heavy atom. The van der Waals surface area contributed by atoms with Crippen molar-refractivity contribution < 1.29 is 19.1 Å². The fraction of sp³-hybridized carbons (Fsp3) is 0.211. The number of nitrogens with one attached hydrogen (secondary N) is 1. The van der Waals surface area contributed by atoms with E-state index in [0.29, 0.717) is 12.2 Å². The third-order valence-corrected chi connectivity index (χ3v) is 4.52. The summed E-state index contributed by atoms with van der Waals surface area (Å²) >= 11 is 6.02. The molecule has 7 nitrogen and oxygen atoms in total. The maximum absolute atomic E-state index is 12.3. The molecule has 0 saturated carbocycles. The molecule has 4 rings (SSSR count). The molecule has 2 aromatic heterocycles. The number of ether oxygens (including phenoxy) is 2. The number of pyridine rings is 1. The lowest BCUT2D eigenvalue weighted by Crippen LogP contribution is -2.37. The molecule has 1 atom stereocenters. The van der Waals surface area contributed by atoms with Gasteiger partial charge in [0.1, 0.15) is 17.5 Å². The van der Waals surface area contributed by atoms with Gasteiger partial charge in [0.25, 0.3) is 5.91 Å². The van der Waals surface area contributed by atoms with Crippen LogP contribution < -0.4 is 10.1 Å². The van der Waals surface area contributed by atoms with Crippen LogP contribution in [0.1, 0.15) is 16.1 Å². The fourth-order valence-corrected chi connectivity index (χ4v) is 3.25. The zero-order valence-corrected chi connectivity index (χ0v) is 15.0. The summed E-state index contributed by atoms with van der Waals surface area (Å²) in [5.41, 5.74) is 1.73. The summed E-state index contributed by atoms with van der Waals surface area (Å²) in [6.07, 6.45) is 2.25. The van der Waals surface area contributed by atoms with E-state index in [-0.39, 0.29) is 17.0 Å². The van der Waals surface area contributed by atoms with Crippen molar-refractivity contribution in [2.75, 3.05) is 13.2 Å². The normalized spacial score (nSPS) is 15.2. The molecule has 27 heavy (non-hydrogen) atoms. The molecule has 0 saturated heterocycles. The van der Waals surface area contributed by atoms with Crippen LogP contribution in [-0.2, 0) is 16.0 Å². The number of hydrogen-bond acceptors (Lipinski definition) is 5. The number of fused-ring (bicyclic) bond motifs is 2. The largest absolute Gasteiger partial charge is 0.488 e. The molecule has 0 fully saturated rings. The smallest absolute Gasteiger partial charge is 0.359 e. The van der Waals surface area contributed by atoms with E-state index in [1.165, 1.54) is 4.40 Å². The Hall–Kier alpha value is -3.06. The van der Waals surface area contributed by atoms with Gasteiger partial charge in [-0.3, -0.25) is 9.20 Å². The van der Waals surface area contributed by atoms with E-state index >= 15 is 0 Å². The van der Waals surface area contributed by atoms with Crippen LogP contribution >= 0.6 is 11.6 Å². The Balaban J connectivity index is 1.29. The Morgan fingerprint density at radius 2 is 2.07 bits per heavy atom. The molecule has 3 heterocycles. The summed E-state index contributed by atoms with van der Waals surface area (Å²) < 4.78 is 12.4. The van der Waals surface area contributed by atoms with E-state index in [4.69, 9.17) is 21.1 Å². The lowest BCUT2D eigenvalue weighted by Gasteiger charge is -2.12. The second-order valence-corrected chi connectivity index (χ2v) is 6.47. The van der Waals surface area contributed by atoms with Gasteiger partial charge in [-0.1, -0.05) is 35.9 Å². The van der Waals surface area contributed by atoms with Crippen LogP contribution in [0.15, 0.2) is 48.7 Å². The third-order valence-electron chi connectivity index (χ3n) is 4.26. The summed E-state index contributed by atoms with van der Waals surface area (Å²) in [7, 11) is 0. The minimum Gasteiger partial charge on any atom is -0.488 e. The molecule has 8 heteroatoms. The number of imidazole rings is 1. The number of esters is 1. The number of hydrogen-bond donors (Lipinski definition) is 1. The predicted molar refractivity (Wildman–Crippen MR) is 98.1 cm³/mol. The van der Waals surface area contributed by atoms with Crippen LogP contribution in [0, 0.1) is 0 Å². The van der Waals surface area contributed by atoms with Crippen molar-refractivity contribution in [1.82, 2.24) is 14.7 Å². The van der Waals surface area contributed by atoms with Gasteiger partial charge in [-0.2, -0.15) is 0 Å². The number of para-hydroxylation sites is 1. The lowest BCUT2D eigenvalue weighted by molar-refractivity contribution is -0.124. The van der Waals surface area contributed by atoms with Gasteiger partial charge in [-0.25, -0.2) is 9.78 Å². The van der Waals surface area contributed by atoms with Crippen LogP contribution in [0.3, 0.4) is 0 Å². The number of nitrogens with zero attached hydrogens (tertiary/aromatic N) is 2. The van der Waals surface area contributed by atoms with E-state index < -0.39 is 18.5 Å². The first-order valence-electron chi connectivity index (χ1n) is 8.43. The molecule has 1 aromatic carbocycles. The molecule has 0 spiro atoms. The molecule has 138 valence electrons. The van der Waals surface area contributed by atoms with Crippen molar-refractivity contribution in [2.24, 2.45) is 0 Å². The Bertz CT molecular complexity index is 992.